The van der Waals surface area contributed by atoms with Gasteiger partial charge in [-0.1, -0.05) is 16.8 Å². The van der Waals surface area contributed by atoms with Gasteiger partial charge in [-0.3, -0.25) is 4.79 Å². The summed E-state index contributed by atoms with van der Waals surface area (Å²) in [7, 11) is 0. The van der Waals surface area contributed by atoms with Gasteiger partial charge >= 0.3 is 5.97 Å². The van der Waals surface area contributed by atoms with E-state index in [1.807, 2.05) is 6.07 Å². The zero-order chi connectivity index (χ0) is 17.0. The molecule has 118 valence electrons. The lowest BCUT2D eigenvalue weighted by molar-refractivity contribution is -0.119. The number of esters is 1. The Bertz CT molecular complexity index is 788. The molecule has 0 radical (unpaired) electrons. The third kappa shape index (κ3) is 3.87. The molecule has 1 aromatic carbocycles. The lowest BCUT2D eigenvalue weighted by atomic mass is 10.2. The summed E-state index contributed by atoms with van der Waals surface area (Å²) in [6.07, 6.45) is 0. The van der Waals surface area contributed by atoms with Crippen molar-refractivity contribution in [1.82, 2.24) is 5.16 Å². The first-order valence-corrected chi connectivity index (χ1v) is 6.89. The van der Waals surface area contributed by atoms with E-state index in [-0.39, 0.29) is 10.6 Å². The summed E-state index contributed by atoms with van der Waals surface area (Å²) in [5, 5.41) is 15.2. The summed E-state index contributed by atoms with van der Waals surface area (Å²) < 4.78 is 9.78. The van der Waals surface area contributed by atoms with E-state index in [0.29, 0.717) is 22.7 Å². The van der Waals surface area contributed by atoms with Gasteiger partial charge < -0.3 is 14.6 Å². The van der Waals surface area contributed by atoms with Crippen molar-refractivity contribution in [2.24, 2.45) is 0 Å². The number of hydrogen-bond donors (Lipinski definition) is 1. The number of hydrogen-bond acceptors (Lipinski definition) is 6. The molecule has 0 aliphatic rings. The fourth-order valence-corrected chi connectivity index (χ4v) is 2.08. The zero-order valence-corrected chi connectivity index (χ0v) is 13.1. The molecule has 0 saturated heterocycles. The second kappa shape index (κ2) is 6.94. The van der Waals surface area contributed by atoms with Crippen LogP contribution < -0.4 is 5.32 Å². The van der Waals surface area contributed by atoms with Crippen LogP contribution >= 0.6 is 11.6 Å². The molecule has 0 aliphatic heterocycles. The molecule has 1 heterocycles. The Morgan fingerprint density at radius 2 is 2.17 bits per heavy atom. The first kappa shape index (κ1) is 16.5. The lowest BCUT2D eigenvalue weighted by Crippen LogP contribution is -2.21. The quantitative estimate of drug-likeness (QED) is 0.862. The van der Waals surface area contributed by atoms with Crippen molar-refractivity contribution in [1.29, 1.82) is 5.26 Å². The fourth-order valence-electron chi connectivity index (χ4n) is 1.86. The number of amides is 1. The molecule has 0 aliphatic carbocycles. The Labute approximate surface area is 136 Å². The molecule has 0 unspecified atom stereocenters. The number of nitriles is 1. The van der Waals surface area contributed by atoms with E-state index in [2.05, 4.69) is 10.5 Å². The molecule has 1 N–H and O–H groups in total. The Balaban J connectivity index is 1.94. The van der Waals surface area contributed by atoms with Gasteiger partial charge in [-0.15, -0.1) is 0 Å². The summed E-state index contributed by atoms with van der Waals surface area (Å²) in [6, 6.07) is 6.36. The van der Waals surface area contributed by atoms with Crippen molar-refractivity contribution in [2.75, 3.05) is 11.9 Å². The highest BCUT2D eigenvalue weighted by Crippen LogP contribution is 2.20. The minimum absolute atomic E-state index is 0.208. The summed E-state index contributed by atoms with van der Waals surface area (Å²) in [5.41, 5.74) is 1.30. The van der Waals surface area contributed by atoms with Crippen molar-refractivity contribution in [3.63, 3.8) is 0 Å². The SMILES string of the molecule is Cc1noc(C)c1C(=O)OCC(=O)Nc1ccc(C#N)c(Cl)c1. The molecule has 1 aromatic heterocycles. The average molecular weight is 334 g/mol. The molecular weight excluding hydrogens is 322 g/mol. The van der Waals surface area contributed by atoms with Gasteiger partial charge in [-0.25, -0.2) is 4.79 Å². The van der Waals surface area contributed by atoms with Gasteiger partial charge in [0.1, 0.15) is 17.4 Å². The Morgan fingerprint density at radius 3 is 2.74 bits per heavy atom. The molecule has 1 amide bonds. The van der Waals surface area contributed by atoms with E-state index < -0.39 is 18.5 Å². The van der Waals surface area contributed by atoms with Gasteiger partial charge in [0.2, 0.25) is 0 Å². The number of anilines is 1. The first-order chi connectivity index (χ1) is 10.9. The highest BCUT2D eigenvalue weighted by Gasteiger charge is 2.20. The van der Waals surface area contributed by atoms with E-state index in [1.165, 1.54) is 18.2 Å². The number of nitrogens with one attached hydrogen (secondary N) is 1. The number of halogens is 1. The molecule has 0 saturated carbocycles. The van der Waals surface area contributed by atoms with Crippen LogP contribution in [-0.4, -0.2) is 23.6 Å². The van der Waals surface area contributed by atoms with Crippen LogP contribution in [0.15, 0.2) is 22.7 Å². The van der Waals surface area contributed by atoms with E-state index in [0.717, 1.165) is 0 Å². The van der Waals surface area contributed by atoms with Crippen LogP contribution in [0, 0.1) is 25.2 Å². The van der Waals surface area contributed by atoms with Crippen molar-refractivity contribution in [3.05, 3.63) is 45.8 Å². The van der Waals surface area contributed by atoms with E-state index in [1.54, 1.807) is 13.8 Å². The van der Waals surface area contributed by atoms with Crippen molar-refractivity contribution >= 4 is 29.2 Å². The minimum atomic E-state index is -0.686. The molecule has 8 heteroatoms. The predicted molar refractivity (Wildman–Crippen MR) is 81.1 cm³/mol. The second-order valence-corrected chi connectivity index (χ2v) is 5.04. The molecule has 23 heavy (non-hydrogen) atoms. The van der Waals surface area contributed by atoms with Crippen molar-refractivity contribution in [2.45, 2.75) is 13.8 Å². The van der Waals surface area contributed by atoms with Gasteiger partial charge in [0.25, 0.3) is 5.91 Å². The fraction of sp³-hybridized carbons (Fsp3) is 0.200. The van der Waals surface area contributed by atoms with Crippen LogP contribution in [0.2, 0.25) is 5.02 Å². The monoisotopic (exact) mass is 333 g/mol. The molecule has 0 atom stereocenters. The van der Waals surface area contributed by atoms with E-state index in [9.17, 15) is 9.59 Å². The molecule has 7 nitrogen and oxygen atoms in total. The van der Waals surface area contributed by atoms with Crippen LogP contribution in [0.3, 0.4) is 0 Å². The number of aromatic nitrogens is 1. The number of ether oxygens (including phenoxy) is 1. The smallest absolute Gasteiger partial charge is 0.344 e. The highest BCUT2D eigenvalue weighted by molar-refractivity contribution is 6.32. The standard InChI is InChI=1S/C15H12ClN3O4/c1-8-14(9(2)23-19-8)15(21)22-7-13(20)18-11-4-3-10(6-17)12(16)5-11/h3-5H,7H2,1-2H3,(H,18,20). The normalized spacial score (nSPS) is 10.0. The van der Waals surface area contributed by atoms with Crippen LogP contribution in [0.5, 0.6) is 0 Å². The Morgan fingerprint density at radius 1 is 1.43 bits per heavy atom. The maximum atomic E-state index is 11.9. The molecule has 0 fully saturated rings. The first-order valence-electron chi connectivity index (χ1n) is 6.52. The maximum Gasteiger partial charge on any atom is 0.344 e. The van der Waals surface area contributed by atoms with Gasteiger partial charge in [-0.05, 0) is 32.0 Å². The summed E-state index contributed by atoms with van der Waals surface area (Å²) >= 11 is 5.87. The van der Waals surface area contributed by atoms with Crippen molar-refractivity contribution in [3.8, 4) is 6.07 Å². The number of benzene rings is 1. The molecular formula is C15H12ClN3O4. The Kier molecular flexibility index (Phi) is 4.98. The van der Waals surface area contributed by atoms with Gasteiger partial charge in [0.05, 0.1) is 16.3 Å². The van der Waals surface area contributed by atoms with Gasteiger partial charge in [0.15, 0.2) is 6.61 Å². The third-order valence-electron chi connectivity index (χ3n) is 2.95. The molecule has 0 spiro atoms. The molecule has 0 bridgehead atoms. The number of carbonyl (C=O) groups excluding carboxylic acids is 2. The number of rotatable bonds is 4. The topological polar surface area (TPSA) is 105 Å². The number of carbonyl (C=O) groups is 2. The van der Waals surface area contributed by atoms with E-state index in [4.69, 9.17) is 26.1 Å². The predicted octanol–water partition coefficient (Wildman–Crippen LogP) is 2.61. The summed E-state index contributed by atoms with van der Waals surface area (Å²) in [5.74, 6) is -0.896. The van der Waals surface area contributed by atoms with Crippen molar-refractivity contribution < 1.29 is 18.8 Å². The average Bonchev–Trinajstić information content (AvgIpc) is 2.84. The Hall–Kier alpha value is -2.85. The molecule has 2 aromatic rings. The van der Waals surface area contributed by atoms with Crippen LogP contribution in [-0.2, 0) is 9.53 Å². The number of nitrogens with zero attached hydrogens (tertiary/aromatic N) is 2. The zero-order valence-electron chi connectivity index (χ0n) is 12.3. The van der Waals surface area contributed by atoms with Gasteiger partial charge in [0, 0.05) is 5.69 Å². The summed E-state index contributed by atoms with van der Waals surface area (Å²) in [6.45, 7) is 2.71. The highest BCUT2D eigenvalue weighted by atomic mass is 35.5. The molecule has 2 rings (SSSR count). The number of aryl methyl sites for hydroxylation is 2. The summed E-state index contributed by atoms with van der Waals surface area (Å²) in [4.78, 5) is 23.7. The van der Waals surface area contributed by atoms with E-state index >= 15 is 0 Å². The third-order valence-corrected chi connectivity index (χ3v) is 3.26. The van der Waals surface area contributed by atoms with Gasteiger partial charge in [-0.2, -0.15) is 5.26 Å². The minimum Gasteiger partial charge on any atom is -0.452 e. The van der Waals surface area contributed by atoms with Crippen LogP contribution in [0.25, 0.3) is 0 Å². The second-order valence-electron chi connectivity index (χ2n) is 4.63. The van der Waals surface area contributed by atoms with Crippen LogP contribution in [0.4, 0.5) is 5.69 Å². The largest absolute Gasteiger partial charge is 0.452 e. The maximum absolute atomic E-state index is 11.9. The lowest BCUT2D eigenvalue weighted by Gasteiger charge is -2.07. The van der Waals surface area contributed by atoms with Crippen LogP contribution in [0.1, 0.15) is 27.4 Å².